The van der Waals surface area contributed by atoms with E-state index >= 15 is 0 Å². The van der Waals surface area contributed by atoms with E-state index in [1.165, 1.54) is 0 Å². The fourth-order valence-corrected chi connectivity index (χ4v) is 2.02. The van der Waals surface area contributed by atoms with Gasteiger partial charge in [-0.2, -0.15) is 0 Å². The number of aryl methyl sites for hydroxylation is 2. The second-order valence-corrected chi connectivity index (χ2v) is 4.87. The van der Waals surface area contributed by atoms with Crippen LogP contribution in [-0.4, -0.2) is 11.0 Å². The van der Waals surface area contributed by atoms with Gasteiger partial charge in [-0.15, -0.1) is 0 Å². The molecule has 5 heteroatoms. The van der Waals surface area contributed by atoms with Gasteiger partial charge >= 0.3 is 5.97 Å². The average molecular weight is 297 g/mol. The minimum absolute atomic E-state index is 0.0424. The highest BCUT2D eigenvalue weighted by Crippen LogP contribution is 2.22. The Hall–Kier alpha value is -2.82. The maximum absolute atomic E-state index is 11.8. The first kappa shape index (κ1) is 14.1. The Morgan fingerprint density at radius 1 is 1.09 bits per heavy atom. The molecule has 1 aromatic carbocycles. The minimum atomic E-state index is -0.517. The molecule has 0 aliphatic heterocycles. The third-order valence-electron chi connectivity index (χ3n) is 3.19. The van der Waals surface area contributed by atoms with Crippen molar-refractivity contribution >= 4 is 5.97 Å². The number of rotatable bonds is 4. The first-order valence-corrected chi connectivity index (χ1v) is 6.89. The molecular formula is C17H15NO4. The lowest BCUT2D eigenvalue weighted by Crippen LogP contribution is -2.04. The van der Waals surface area contributed by atoms with Crippen molar-refractivity contribution in [1.29, 1.82) is 0 Å². The van der Waals surface area contributed by atoms with Crippen molar-refractivity contribution in [3.05, 3.63) is 65.4 Å². The first-order chi connectivity index (χ1) is 10.6. The highest BCUT2D eigenvalue weighted by atomic mass is 16.5. The summed E-state index contributed by atoms with van der Waals surface area (Å²) in [7, 11) is 0. The fourth-order valence-electron chi connectivity index (χ4n) is 2.02. The zero-order valence-electron chi connectivity index (χ0n) is 12.3. The number of carbonyl (C=O) groups excluding carboxylic acids is 1. The summed E-state index contributed by atoms with van der Waals surface area (Å²) in [4.78, 5) is 16.2. The second kappa shape index (κ2) is 5.89. The number of benzene rings is 1. The maximum atomic E-state index is 11.8. The molecule has 0 saturated heterocycles. The quantitative estimate of drug-likeness (QED) is 0.683. The Bertz CT molecular complexity index is 786. The highest BCUT2D eigenvalue weighted by molar-refractivity contribution is 5.86. The Morgan fingerprint density at radius 3 is 2.55 bits per heavy atom. The summed E-state index contributed by atoms with van der Waals surface area (Å²) in [6.45, 7) is 3.60. The predicted octanol–water partition coefficient (Wildman–Crippen LogP) is 3.91. The summed E-state index contributed by atoms with van der Waals surface area (Å²) in [5.74, 6) is 1.47. The van der Waals surface area contributed by atoms with Gasteiger partial charge in [0, 0.05) is 5.56 Å². The van der Waals surface area contributed by atoms with Crippen molar-refractivity contribution in [1.82, 2.24) is 4.98 Å². The molecule has 0 fully saturated rings. The maximum Gasteiger partial charge on any atom is 0.374 e. The summed E-state index contributed by atoms with van der Waals surface area (Å²) in [6, 6.07) is 12.9. The van der Waals surface area contributed by atoms with Gasteiger partial charge in [0.15, 0.2) is 0 Å². The largest absolute Gasteiger partial charge is 0.454 e. The highest BCUT2D eigenvalue weighted by Gasteiger charge is 2.16. The van der Waals surface area contributed by atoms with Crippen LogP contribution in [0, 0.1) is 13.8 Å². The van der Waals surface area contributed by atoms with Crippen LogP contribution in [0.4, 0.5) is 0 Å². The van der Waals surface area contributed by atoms with E-state index in [4.69, 9.17) is 13.6 Å². The fraction of sp³-hybridized carbons (Fsp3) is 0.176. The topological polar surface area (TPSA) is 65.5 Å². The molecule has 0 spiro atoms. The Kier molecular flexibility index (Phi) is 3.78. The number of hydrogen-bond acceptors (Lipinski definition) is 5. The molecule has 0 unspecified atom stereocenters. The van der Waals surface area contributed by atoms with Gasteiger partial charge in [-0.25, -0.2) is 9.78 Å². The minimum Gasteiger partial charge on any atom is -0.454 e. The Labute approximate surface area is 127 Å². The number of furan rings is 1. The van der Waals surface area contributed by atoms with Crippen LogP contribution in [0.15, 0.2) is 51.3 Å². The number of oxazole rings is 1. The van der Waals surface area contributed by atoms with Gasteiger partial charge in [0.1, 0.15) is 23.8 Å². The number of aromatic nitrogens is 1. The molecule has 0 bridgehead atoms. The van der Waals surface area contributed by atoms with E-state index in [0.717, 1.165) is 5.56 Å². The van der Waals surface area contributed by atoms with Crippen LogP contribution < -0.4 is 0 Å². The lowest BCUT2D eigenvalue weighted by molar-refractivity contribution is 0.0429. The summed E-state index contributed by atoms with van der Waals surface area (Å²) in [5.41, 5.74) is 1.47. The molecule has 0 N–H and O–H groups in total. The lowest BCUT2D eigenvalue weighted by Gasteiger charge is -2.00. The van der Waals surface area contributed by atoms with E-state index in [9.17, 15) is 4.79 Å². The molecule has 0 aliphatic rings. The first-order valence-electron chi connectivity index (χ1n) is 6.89. The number of carbonyl (C=O) groups is 1. The van der Waals surface area contributed by atoms with Gasteiger partial charge in [-0.3, -0.25) is 0 Å². The van der Waals surface area contributed by atoms with Crippen LogP contribution in [0.5, 0.6) is 0 Å². The van der Waals surface area contributed by atoms with Gasteiger partial charge in [-0.1, -0.05) is 18.2 Å². The van der Waals surface area contributed by atoms with Crippen molar-refractivity contribution in [2.75, 3.05) is 0 Å². The van der Waals surface area contributed by atoms with Crippen molar-refractivity contribution < 1.29 is 18.4 Å². The van der Waals surface area contributed by atoms with E-state index in [-0.39, 0.29) is 12.4 Å². The lowest BCUT2D eigenvalue weighted by atomic mass is 10.2. The third-order valence-corrected chi connectivity index (χ3v) is 3.19. The number of nitrogens with zero attached hydrogens (tertiary/aromatic N) is 1. The standard InChI is InChI=1S/C17H15NO4/c1-11-8-9-15(21-11)17(19)20-10-14-12(2)22-16(18-14)13-6-4-3-5-7-13/h3-9H,10H2,1-2H3. The van der Waals surface area contributed by atoms with Crippen LogP contribution in [0.1, 0.15) is 27.8 Å². The zero-order valence-corrected chi connectivity index (χ0v) is 12.3. The number of ether oxygens (including phenoxy) is 1. The molecule has 3 rings (SSSR count). The molecule has 0 aliphatic carbocycles. The van der Waals surface area contributed by atoms with Crippen LogP contribution in [-0.2, 0) is 11.3 Å². The van der Waals surface area contributed by atoms with Gasteiger partial charge < -0.3 is 13.6 Å². The average Bonchev–Trinajstić information content (AvgIpc) is 3.12. The van der Waals surface area contributed by atoms with Gasteiger partial charge in [0.05, 0.1) is 0 Å². The second-order valence-electron chi connectivity index (χ2n) is 4.87. The van der Waals surface area contributed by atoms with Crippen molar-refractivity contribution in [2.24, 2.45) is 0 Å². The van der Waals surface area contributed by atoms with E-state index in [0.29, 0.717) is 23.1 Å². The molecule has 0 saturated carbocycles. The van der Waals surface area contributed by atoms with Gasteiger partial charge in [0.2, 0.25) is 11.7 Å². The predicted molar refractivity (Wildman–Crippen MR) is 79.2 cm³/mol. The van der Waals surface area contributed by atoms with Gasteiger partial charge in [-0.05, 0) is 38.1 Å². The Balaban J connectivity index is 1.71. The molecule has 2 aromatic heterocycles. The number of hydrogen-bond donors (Lipinski definition) is 0. The molecule has 5 nitrogen and oxygen atoms in total. The monoisotopic (exact) mass is 297 g/mol. The molecule has 0 radical (unpaired) electrons. The Morgan fingerprint density at radius 2 is 1.86 bits per heavy atom. The van der Waals surface area contributed by atoms with E-state index in [2.05, 4.69) is 4.98 Å². The van der Waals surface area contributed by atoms with Crippen LogP contribution in [0.25, 0.3) is 11.5 Å². The summed E-state index contributed by atoms with van der Waals surface area (Å²) >= 11 is 0. The van der Waals surface area contributed by atoms with E-state index in [1.54, 1.807) is 26.0 Å². The van der Waals surface area contributed by atoms with Crippen molar-refractivity contribution in [2.45, 2.75) is 20.5 Å². The smallest absolute Gasteiger partial charge is 0.374 e. The molecule has 0 atom stereocenters. The normalized spacial score (nSPS) is 10.6. The molecule has 3 aromatic rings. The molecule has 0 amide bonds. The van der Waals surface area contributed by atoms with Crippen LogP contribution in [0.2, 0.25) is 0 Å². The molecular weight excluding hydrogens is 282 g/mol. The van der Waals surface area contributed by atoms with E-state index < -0.39 is 5.97 Å². The van der Waals surface area contributed by atoms with E-state index in [1.807, 2.05) is 30.3 Å². The van der Waals surface area contributed by atoms with Crippen molar-refractivity contribution in [3.63, 3.8) is 0 Å². The van der Waals surface area contributed by atoms with Crippen molar-refractivity contribution in [3.8, 4) is 11.5 Å². The number of esters is 1. The summed E-state index contributed by atoms with van der Waals surface area (Å²) in [6.07, 6.45) is 0. The molecule has 2 heterocycles. The SMILES string of the molecule is Cc1ccc(C(=O)OCc2nc(-c3ccccc3)oc2C)o1. The zero-order chi connectivity index (χ0) is 15.5. The van der Waals surface area contributed by atoms with Crippen LogP contribution >= 0.6 is 0 Å². The third kappa shape index (κ3) is 2.93. The van der Waals surface area contributed by atoms with Crippen LogP contribution in [0.3, 0.4) is 0 Å². The van der Waals surface area contributed by atoms with Gasteiger partial charge in [0.25, 0.3) is 0 Å². The summed E-state index contributed by atoms with van der Waals surface area (Å²) < 4.78 is 16.0. The molecule has 22 heavy (non-hydrogen) atoms. The summed E-state index contributed by atoms with van der Waals surface area (Å²) in [5, 5.41) is 0. The molecule has 112 valence electrons.